The zero-order chi connectivity index (χ0) is 16.0. The van der Waals surface area contributed by atoms with Crippen molar-refractivity contribution in [2.24, 2.45) is 16.7 Å². The average molecular weight is 296 g/mol. The molecule has 6 nitrogen and oxygen atoms in total. The van der Waals surface area contributed by atoms with Gasteiger partial charge in [0, 0.05) is 6.42 Å². The second-order valence-corrected chi connectivity index (χ2v) is 6.06. The van der Waals surface area contributed by atoms with E-state index in [0.717, 1.165) is 12.8 Å². The van der Waals surface area contributed by atoms with E-state index in [1.807, 2.05) is 12.1 Å². The molecule has 2 saturated heterocycles. The number of allylic oxidation sites excluding steroid dienone is 1. The van der Waals surface area contributed by atoms with Crippen LogP contribution < -0.4 is 0 Å². The molecule has 6 heteroatoms. The Morgan fingerprint density at radius 3 is 2.55 bits per heavy atom. The minimum absolute atomic E-state index is 0.294. The Balaban J connectivity index is 2.31. The number of nitrogens with one attached hydrogen (secondary N) is 1. The van der Waals surface area contributed by atoms with Crippen molar-refractivity contribution in [2.45, 2.75) is 44.5 Å². The number of hydrogen-bond acceptors (Lipinski definition) is 6. The van der Waals surface area contributed by atoms with E-state index in [9.17, 15) is 15.8 Å². The van der Waals surface area contributed by atoms with Crippen molar-refractivity contribution in [3.8, 4) is 18.2 Å². The molecule has 0 aromatic carbocycles. The highest BCUT2D eigenvalue weighted by atomic mass is 16.7. The van der Waals surface area contributed by atoms with E-state index in [2.05, 4.69) is 6.07 Å². The van der Waals surface area contributed by atoms with E-state index in [0.29, 0.717) is 12.8 Å². The van der Waals surface area contributed by atoms with Crippen molar-refractivity contribution in [2.75, 3.05) is 0 Å². The molecule has 1 aliphatic carbocycles. The van der Waals surface area contributed by atoms with Crippen LogP contribution in [0.5, 0.6) is 0 Å². The van der Waals surface area contributed by atoms with E-state index in [-0.39, 0.29) is 5.90 Å². The maximum absolute atomic E-state index is 9.91. The molecular formula is C16H16N4O2. The van der Waals surface area contributed by atoms with Crippen molar-refractivity contribution in [3.63, 3.8) is 0 Å². The first-order chi connectivity index (χ1) is 10.6. The standard InChI is InChI=1S/C16H16N4O2/c1-2-5-12-14(8-17,9-18)15(10-19)11-6-3-4-7-16(11,21-12)22-13(15)20/h2,5,11-12,20H,3-4,6-7H2,1H3/b5-2+,20-13?/t11-,12+,15+,16-/m1/s1. The van der Waals surface area contributed by atoms with Gasteiger partial charge in [-0.2, -0.15) is 15.8 Å². The van der Waals surface area contributed by atoms with Crippen LogP contribution in [-0.4, -0.2) is 17.8 Å². The first-order valence-electron chi connectivity index (χ1n) is 7.39. The first-order valence-corrected chi connectivity index (χ1v) is 7.39. The van der Waals surface area contributed by atoms with Crippen LogP contribution in [0.4, 0.5) is 0 Å². The third-order valence-electron chi connectivity index (χ3n) is 5.23. The second kappa shape index (κ2) is 4.57. The SMILES string of the molecule is C/C=C/[C@@H]1O[C@@]23CCCC[C@@H]2[C@@](C#N)(C(=N)O3)C1(C#N)C#N. The van der Waals surface area contributed by atoms with Gasteiger partial charge < -0.3 is 9.47 Å². The van der Waals surface area contributed by atoms with Gasteiger partial charge in [0.05, 0.1) is 24.1 Å². The fourth-order valence-corrected chi connectivity index (χ4v) is 4.24. The van der Waals surface area contributed by atoms with Crippen LogP contribution in [0, 0.1) is 56.2 Å². The van der Waals surface area contributed by atoms with Gasteiger partial charge in [-0.05, 0) is 19.8 Å². The molecule has 112 valence electrons. The van der Waals surface area contributed by atoms with Gasteiger partial charge in [0.2, 0.25) is 17.1 Å². The highest BCUT2D eigenvalue weighted by molar-refractivity contribution is 5.89. The van der Waals surface area contributed by atoms with Crippen LogP contribution in [0.2, 0.25) is 0 Å². The summed E-state index contributed by atoms with van der Waals surface area (Å²) in [6, 6.07) is 6.13. The Hall–Kier alpha value is -2.36. The predicted molar refractivity (Wildman–Crippen MR) is 74.9 cm³/mol. The fraction of sp³-hybridized carbons (Fsp3) is 0.625. The van der Waals surface area contributed by atoms with Gasteiger partial charge in [-0.3, -0.25) is 5.41 Å². The molecular weight excluding hydrogens is 280 g/mol. The molecule has 0 aromatic rings. The molecule has 1 N–H and O–H groups in total. The van der Waals surface area contributed by atoms with Crippen molar-refractivity contribution >= 4 is 5.90 Å². The third-order valence-corrected chi connectivity index (χ3v) is 5.23. The average Bonchev–Trinajstić information content (AvgIpc) is 2.74. The number of rotatable bonds is 1. The van der Waals surface area contributed by atoms with E-state index in [4.69, 9.17) is 14.9 Å². The summed E-state index contributed by atoms with van der Waals surface area (Å²) in [5, 5.41) is 37.7. The largest absolute Gasteiger partial charge is 0.447 e. The Labute approximate surface area is 129 Å². The first kappa shape index (κ1) is 14.6. The van der Waals surface area contributed by atoms with Crippen LogP contribution in [0.25, 0.3) is 0 Å². The molecule has 0 radical (unpaired) electrons. The molecule has 0 spiro atoms. The third kappa shape index (κ3) is 1.33. The number of hydrogen-bond donors (Lipinski definition) is 1. The van der Waals surface area contributed by atoms with E-state index in [1.165, 1.54) is 0 Å². The molecule has 4 atom stereocenters. The summed E-state index contributed by atoms with van der Waals surface area (Å²) in [6.45, 7) is 1.76. The van der Waals surface area contributed by atoms with Gasteiger partial charge >= 0.3 is 0 Å². The Bertz CT molecular complexity index is 666. The molecule has 2 aliphatic heterocycles. The molecule has 3 aliphatic rings. The zero-order valence-electron chi connectivity index (χ0n) is 12.3. The van der Waals surface area contributed by atoms with E-state index < -0.39 is 28.6 Å². The van der Waals surface area contributed by atoms with Gasteiger partial charge in [-0.25, -0.2) is 0 Å². The highest BCUT2D eigenvalue weighted by Crippen LogP contribution is 2.66. The predicted octanol–water partition coefficient (Wildman–Crippen LogP) is 2.40. The summed E-state index contributed by atoms with van der Waals surface area (Å²) in [5.41, 5.74) is -3.34. The summed E-state index contributed by atoms with van der Waals surface area (Å²) in [5.74, 6) is -1.80. The smallest absolute Gasteiger partial charge is 0.217 e. The van der Waals surface area contributed by atoms with Gasteiger partial charge in [-0.15, -0.1) is 0 Å². The highest BCUT2D eigenvalue weighted by Gasteiger charge is 2.79. The maximum atomic E-state index is 9.91. The molecule has 3 fully saturated rings. The molecule has 3 rings (SSSR count). The Kier molecular flexibility index (Phi) is 3.02. The topological polar surface area (TPSA) is 114 Å². The minimum atomic E-state index is -1.77. The molecule has 0 unspecified atom stereocenters. The summed E-state index contributed by atoms with van der Waals surface area (Å²) >= 11 is 0. The molecule has 2 heterocycles. The van der Waals surface area contributed by atoms with Crippen LogP contribution >= 0.6 is 0 Å². The number of nitrogens with zero attached hydrogens (tertiary/aromatic N) is 3. The zero-order valence-corrected chi connectivity index (χ0v) is 12.3. The Morgan fingerprint density at radius 2 is 1.95 bits per heavy atom. The van der Waals surface area contributed by atoms with Crippen molar-refractivity contribution < 1.29 is 9.47 Å². The summed E-state index contributed by atoms with van der Waals surface area (Å²) in [6.07, 6.45) is 5.37. The lowest BCUT2D eigenvalue weighted by Crippen LogP contribution is -2.62. The minimum Gasteiger partial charge on any atom is -0.447 e. The second-order valence-electron chi connectivity index (χ2n) is 6.06. The monoisotopic (exact) mass is 296 g/mol. The van der Waals surface area contributed by atoms with E-state index in [1.54, 1.807) is 19.1 Å². The summed E-state index contributed by atoms with van der Waals surface area (Å²) in [7, 11) is 0. The lowest BCUT2D eigenvalue weighted by molar-refractivity contribution is -0.280. The summed E-state index contributed by atoms with van der Waals surface area (Å²) in [4.78, 5) is 0. The van der Waals surface area contributed by atoms with Crippen LogP contribution in [-0.2, 0) is 9.47 Å². The maximum Gasteiger partial charge on any atom is 0.217 e. The lowest BCUT2D eigenvalue weighted by Gasteiger charge is -2.50. The normalized spacial score (nSPS) is 41.8. The lowest BCUT2D eigenvalue weighted by atomic mass is 9.52. The molecule has 2 bridgehead atoms. The van der Waals surface area contributed by atoms with Gasteiger partial charge in [0.25, 0.3) is 0 Å². The molecule has 0 amide bonds. The molecule has 0 aromatic heterocycles. The van der Waals surface area contributed by atoms with Crippen molar-refractivity contribution in [1.82, 2.24) is 0 Å². The van der Waals surface area contributed by atoms with Crippen LogP contribution in [0.3, 0.4) is 0 Å². The fourth-order valence-electron chi connectivity index (χ4n) is 4.24. The van der Waals surface area contributed by atoms with Gasteiger partial charge in [-0.1, -0.05) is 18.6 Å². The van der Waals surface area contributed by atoms with Gasteiger partial charge in [0.1, 0.15) is 6.10 Å². The number of ether oxygens (including phenoxy) is 2. The van der Waals surface area contributed by atoms with Crippen molar-refractivity contribution in [3.05, 3.63) is 12.2 Å². The summed E-state index contributed by atoms with van der Waals surface area (Å²) < 4.78 is 11.8. The Morgan fingerprint density at radius 1 is 1.23 bits per heavy atom. The van der Waals surface area contributed by atoms with Crippen LogP contribution in [0.1, 0.15) is 32.6 Å². The quantitative estimate of drug-likeness (QED) is 0.746. The van der Waals surface area contributed by atoms with Crippen molar-refractivity contribution in [1.29, 1.82) is 21.2 Å². The van der Waals surface area contributed by atoms with Gasteiger partial charge in [0.15, 0.2) is 5.41 Å². The van der Waals surface area contributed by atoms with Crippen LogP contribution in [0.15, 0.2) is 12.2 Å². The van der Waals surface area contributed by atoms with E-state index >= 15 is 0 Å². The molecule has 22 heavy (non-hydrogen) atoms. The number of nitriles is 3. The molecule has 1 saturated carbocycles.